The van der Waals surface area contributed by atoms with Crippen molar-refractivity contribution in [2.75, 3.05) is 4.72 Å². The highest BCUT2D eigenvalue weighted by Crippen LogP contribution is 2.17. The average molecular weight is 255 g/mol. The number of aromatic amines is 1. The monoisotopic (exact) mass is 255 g/mol. The number of nitrogens with one attached hydrogen (secondary N) is 2. The summed E-state index contributed by atoms with van der Waals surface area (Å²) in [4.78, 5) is 6.12. The van der Waals surface area contributed by atoms with Crippen LogP contribution in [-0.4, -0.2) is 18.4 Å². The van der Waals surface area contributed by atoms with Crippen LogP contribution < -0.4 is 4.72 Å². The van der Waals surface area contributed by atoms with Crippen LogP contribution in [-0.2, 0) is 10.0 Å². The van der Waals surface area contributed by atoms with E-state index in [2.05, 4.69) is 14.7 Å². The number of H-pyrrole nitrogens is 1. The Morgan fingerprint density at radius 2 is 2.18 bits per heavy atom. The highest BCUT2D eigenvalue weighted by atomic mass is 32.2. The molecule has 17 heavy (non-hydrogen) atoms. The minimum absolute atomic E-state index is 0.0421. The van der Waals surface area contributed by atoms with E-state index < -0.39 is 10.0 Å². The zero-order valence-electron chi connectivity index (χ0n) is 8.94. The SMILES string of the molecule is Cc1cc(NS(=O)(=O)c2cnc[nH]2)ccc1F. The van der Waals surface area contributed by atoms with E-state index in [1.165, 1.54) is 30.7 Å². The Morgan fingerprint density at radius 3 is 2.76 bits per heavy atom. The highest BCUT2D eigenvalue weighted by Gasteiger charge is 2.15. The van der Waals surface area contributed by atoms with Crippen LogP contribution in [0.15, 0.2) is 35.7 Å². The minimum Gasteiger partial charge on any atom is -0.334 e. The first-order valence-electron chi connectivity index (χ1n) is 4.76. The van der Waals surface area contributed by atoms with Gasteiger partial charge in [-0.15, -0.1) is 0 Å². The van der Waals surface area contributed by atoms with Crippen molar-refractivity contribution in [3.8, 4) is 0 Å². The quantitative estimate of drug-likeness (QED) is 0.875. The lowest BCUT2D eigenvalue weighted by Gasteiger charge is -2.07. The van der Waals surface area contributed by atoms with Crippen molar-refractivity contribution in [3.63, 3.8) is 0 Å². The Kier molecular flexibility index (Phi) is 2.84. The molecule has 0 aliphatic heterocycles. The molecular weight excluding hydrogens is 245 g/mol. The summed E-state index contributed by atoms with van der Waals surface area (Å²) in [5.41, 5.74) is 0.674. The molecule has 1 heterocycles. The van der Waals surface area contributed by atoms with Crippen molar-refractivity contribution < 1.29 is 12.8 Å². The summed E-state index contributed by atoms with van der Waals surface area (Å²) in [5.74, 6) is -0.380. The van der Waals surface area contributed by atoms with Crippen LogP contribution in [0.1, 0.15) is 5.56 Å². The molecule has 0 fully saturated rings. The fourth-order valence-electron chi connectivity index (χ4n) is 1.31. The first-order chi connectivity index (χ1) is 7.99. The third-order valence-corrected chi connectivity index (χ3v) is 3.48. The second-order valence-electron chi connectivity index (χ2n) is 3.49. The van der Waals surface area contributed by atoms with Gasteiger partial charge in [0.25, 0.3) is 10.0 Å². The summed E-state index contributed by atoms with van der Waals surface area (Å²) in [7, 11) is -3.69. The molecule has 0 spiro atoms. The number of hydrogen-bond acceptors (Lipinski definition) is 3. The molecule has 5 nitrogen and oxygen atoms in total. The van der Waals surface area contributed by atoms with Crippen LogP contribution in [0.3, 0.4) is 0 Å². The molecule has 1 aromatic heterocycles. The molecule has 2 N–H and O–H groups in total. The second kappa shape index (κ2) is 4.17. The molecular formula is C10H10FN3O2S. The number of halogens is 1. The fourth-order valence-corrected chi connectivity index (χ4v) is 2.26. The fraction of sp³-hybridized carbons (Fsp3) is 0.100. The lowest BCUT2D eigenvalue weighted by molar-refractivity contribution is 0.598. The molecule has 0 amide bonds. The first-order valence-corrected chi connectivity index (χ1v) is 6.25. The minimum atomic E-state index is -3.69. The predicted octanol–water partition coefficient (Wildman–Crippen LogP) is 1.66. The standard InChI is InChI=1S/C10H10FN3O2S/c1-7-4-8(2-3-9(7)11)14-17(15,16)10-5-12-6-13-10/h2-6,14H,1H3,(H,12,13). The number of anilines is 1. The number of rotatable bonds is 3. The Morgan fingerprint density at radius 1 is 1.41 bits per heavy atom. The average Bonchev–Trinajstić information content (AvgIpc) is 2.77. The van der Waals surface area contributed by atoms with Gasteiger partial charge in [-0.2, -0.15) is 8.42 Å². The molecule has 0 atom stereocenters. The molecule has 2 rings (SSSR count). The van der Waals surface area contributed by atoms with Crippen molar-refractivity contribution in [1.29, 1.82) is 0 Å². The van der Waals surface area contributed by atoms with Gasteiger partial charge in [-0.05, 0) is 30.7 Å². The second-order valence-corrected chi connectivity index (χ2v) is 5.14. The van der Waals surface area contributed by atoms with Gasteiger partial charge >= 0.3 is 0 Å². The maximum atomic E-state index is 13.0. The molecule has 7 heteroatoms. The summed E-state index contributed by atoms with van der Waals surface area (Å²) in [6, 6.07) is 3.99. The van der Waals surface area contributed by atoms with Crippen LogP contribution in [0.5, 0.6) is 0 Å². The first kappa shape index (κ1) is 11.6. The summed E-state index contributed by atoms with van der Waals surface area (Å²) in [5, 5.41) is -0.0421. The van der Waals surface area contributed by atoms with E-state index >= 15 is 0 Å². The third kappa shape index (κ3) is 2.44. The van der Waals surface area contributed by atoms with Gasteiger partial charge in [0.2, 0.25) is 0 Å². The Labute approximate surface area is 97.8 Å². The van der Waals surface area contributed by atoms with Gasteiger partial charge in [-0.25, -0.2) is 9.37 Å². The van der Waals surface area contributed by atoms with Crippen LogP contribution in [0.4, 0.5) is 10.1 Å². The Balaban J connectivity index is 2.30. The number of imidazole rings is 1. The summed E-state index contributed by atoms with van der Waals surface area (Å²) in [6.45, 7) is 1.56. The van der Waals surface area contributed by atoms with E-state index in [9.17, 15) is 12.8 Å². The number of benzene rings is 1. The van der Waals surface area contributed by atoms with Gasteiger partial charge in [0.15, 0.2) is 5.03 Å². The van der Waals surface area contributed by atoms with Crippen LogP contribution in [0.2, 0.25) is 0 Å². The summed E-state index contributed by atoms with van der Waals surface area (Å²) in [6.07, 6.45) is 2.46. The van der Waals surface area contributed by atoms with Gasteiger partial charge in [-0.1, -0.05) is 0 Å². The number of nitrogens with zero attached hydrogens (tertiary/aromatic N) is 1. The van der Waals surface area contributed by atoms with Crippen molar-refractivity contribution in [2.45, 2.75) is 11.9 Å². The summed E-state index contributed by atoms with van der Waals surface area (Å²) >= 11 is 0. The number of hydrogen-bond donors (Lipinski definition) is 2. The zero-order valence-corrected chi connectivity index (χ0v) is 9.75. The largest absolute Gasteiger partial charge is 0.334 e. The van der Waals surface area contributed by atoms with Gasteiger partial charge < -0.3 is 4.98 Å². The molecule has 0 saturated heterocycles. The number of aromatic nitrogens is 2. The van der Waals surface area contributed by atoms with Gasteiger partial charge in [0, 0.05) is 5.69 Å². The molecule has 0 unspecified atom stereocenters. The van der Waals surface area contributed by atoms with E-state index in [0.717, 1.165) is 0 Å². The summed E-state index contributed by atoms with van der Waals surface area (Å²) < 4.78 is 38.9. The smallest absolute Gasteiger partial charge is 0.278 e. The van der Waals surface area contributed by atoms with Crippen LogP contribution in [0, 0.1) is 12.7 Å². The van der Waals surface area contributed by atoms with Gasteiger partial charge in [0.1, 0.15) is 5.82 Å². The molecule has 0 aliphatic rings. The highest BCUT2D eigenvalue weighted by molar-refractivity contribution is 7.92. The van der Waals surface area contributed by atoms with Crippen LogP contribution in [0.25, 0.3) is 0 Å². The molecule has 0 saturated carbocycles. The van der Waals surface area contributed by atoms with Crippen LogP contribution >= 0.6 is 0 Å². The molecule has 0 aliphatic carbocycles. The normalized spacial score (nSPS) is 11.4. The van der Waals surface area contributed by atoms with Gasteiger partial charge in [-0.3, -0.25) is 4.72 Å². The molecule has 2 aromatic rings. The molecule has 0 radical (unpaired) electrons. The van der Waals surface area contributed by atoms with E-state index in [0.29, 0.717) is 11.3 Å². The maximum absolute atomic E-state index is 13.0. The van der Waals surface area contributed by atoms with E-state index in [1.54, 1.807) is 6.92 Å². The van der Waals surface area contributed by atoms with E-state index in [1.807, 2.05) is 0 Å². The van der Waals surface area contributed by atoms with Gasteiger partial charge in [0.05, 0.1) is 12.5 Å². The lowest BCUT2D eigenvalue weighted by Crippen LogP contribution is -2.13. The maximum Gasteiger partial charge on any atom is 0.278 e. The Hall–Kier alpha value is -1.89. The van der Waals surface area contributed by atoms with Crippen molar-refractivity contribution in [2.24, 2.45) is 0 Å². The van der Waals surface area contributed by atoms with Crippen molar-refractivity contribution in [3.05, 3.63) is 42.1 Å². The molecule has 0 bridgehead atoms. The predicted molar refractivity (Wildman–Crippen MR) is 60.5 cm³/mol. The third-order valence-electron chi connectivity index (χ3n) is 2.17. The number of sulfonamides is 1. The zero-order chi connectivity index (χ0) is 12.5. The lowest BCUT2D eigenvalue weighted by atomic mass is 10.2. The van der Waals surface area contributed by atoms with E-state index in [4.69, 9.17) is 0 Å². The topological polar surface area (TPSA) is 74.8 Å². The molecule has 90 valence electrons. The van der Waals surface area contributed by atoms with Crippen molar-refractivity contribution >= 4 is 15.7 Å². The number of aryl methyl sites for hydroxylation is 1. The van der Waals surface area contributed by atoms with Crippen molar-refractivity contribution in [1.82, 2.24) is 9.97 Å². The van der Waals surface area contributed by atoms with E-state index in [-0.39, 0.29) is 10.8 Å². The molecule has 1 aromatic carbocycles. The Bertz CT molecular complexity index is 623.